The molecule has 6 nitrogen and oxygen atoms in total. The van der Waals surface area contributed by atoms with Gasteiger partial charge < -0.3 is 10.0 Å². The van der Waals surface area contributed by atoms with Crippen molar-refractivity contribution < 1.29 is 14.8 Å². The fraction of sp³-hybridized carbons (Fsp3) is 0.300. The first-order valence-electron chi connectivity index (χ1n) is 4.70. The molecule has 0 spiro atoms. The molecule has 0 unspecified atom stereocenters. The lowest BCUT2D eigenvalue weighted by Crippen LogP contribution is -2.16. The lowest BCUT2D eigenvalue weighted by Gasteiger charge is -2.16. The summed E-state index contributed by atoms with van der Waals surface area (Å²) in [6, 6.07) is 4.06. The summed E-state index contributed by atoms with van der Waals surface area (Å²) in [6.07, 6.45) is 0. The number of hydrogen-bond donors (Lipinski definition) is 1. The van der Waals surface area contributed by atoms with E-state index in [1.165, 1.54) is 18.2 Å². The van der Waals surface area contributed by atoms with Gasteiger partial charge in [0.1, 0.15) is 5.56 Å². The highest BCUT2D eigenvalue weighted by molar-refractivity contribution is 5.93. The Bertz CT molecular complexity index is 431. The van der Waals surface area contributed by atoms with Gasteiger partial charge in [0.05, 0.1) is 4.92 Å². The topological polar surface area (TPSA) is 83.7 Å². The Hall–Kier alpha value is -2.11. The molecule has 0 heterocycles. The van der Waals surface area contributed by atoms with Gasteiger partial charge in [0, 0.05) is 25.3 Å². The van der Waals surface area contributed by atoms with E-state index in [1.807, 2.05) is 6.92 Å². The first-order valence-corrected chi connectivity index (χ1v) is 4.70. The second-order valence-corrected chi connectivity index (χ2v) is 3.28. The first-order chi connectivity index (χ1) is 7.47. The van der Waals surface area contributed by atoms with E-state index in [4.69, 9.17) is 5.11 Å². The first kappa shape index (κ1) is 12.0. The molecule has 6 heteroatoms. The molecule has 0 amide bonds. The molecule has 0 radical (unpaired) electrons. The largest absolute Gasteiger partial charge is 0.477 e. The summed E-state index contributed by atoms with van der Waals surface area (Å²) < 4.78 is 0. The number of carbonyl (C=O) groups is 1. The standard InChI is InChI=1S/C10H12N2O4/c1-3-11(2)7-4-5-9(12(15)16)8(6-7)10(13)14/h4-6H,3H2,1-2H3,(H,13,14). The van der Waals surface area contributed by atoms with E-state index >= 15 is 0 Å². The van der Waals surface area contributed by atoms with E-state index in [-0.39, 0.29) is 11.3 Å². The van der Waals surface area contributed by atoms with Crippen molar-refractivity contribution in [1.29, 1.82) is 0 Å². The Labute approximate surface area is 92.3 Å². The lowest BCUT2D eigenvalue weighted by atomic mass is 10.1. The van der Waals surface area contributed by atoms with Gasteiger partial charge >= 0.3 is 5.97 Å². The molecule has 0 atom stereocenters. The van der Waals surface area contributed by atoms with Crippen LogP contribution in [0.25, 0.3) is 0 Å². The van der Waals surface area contributed by atoms with Crippen LogP contribution in [0.15, 0.2) is 18.2 Å². The van der Waals surface area contributed by atoms with Gasteiger partial charge in [-0.25, -0.2) is 4.79 Å². The van der Waals surface area contributed by atoms with E-state index in [2.05, 4.69) is 0 Å². The maximum absolute atomic E-state index is 10.9. The number of carboxylic acid groups (broad SMARTS) is 1. The van der Waals surface area contributed by atoms with Crippen molar-refractivity contribution in [3.05, 3.63) is 33.9 Å². The number of rotatable bonds is 4. The molecule has 1 aromatic rings. The van der Waals surface area contributed by atoms with Gasteiger partial charge in [-0.1, -0.05) is 0 Å². The van der Waals surface area contributed by atoms with Gasteiger partial charge in [0.2, 0.25) is 0 Å². The van der Waals surface area contributed by atoms with Crippen LogP contribution < -0.4 is 4.90 Å². The Morgan fingerprint density at radius 2 is 2.19 bits per heavy atom. The summed E-state index contributed by atoms with van der Waals surface area (Å²) in [6.45, 7) is 2.60. The monoisotopic (exact) mass is 224 g/mol. The van der Waals surface area contributed by atoms with E-state index < -0.39 is 10.9 Å². The second-order valence-electron chi connectivity index (χ2n) is 3.28. The number of nitrogens with zero attached hydrogens (tertiary/aromatic N) is 2. The van der Waals surface area contributed by atoms with Crippen LogP contribution in [0, 0.1) is 10.1 Å². The maximum Gasteiger partial charge on any atom is 0.342 e. The third-order valence-corrected chi connectivity index (χ3v) is 2.32. The highest BCUT2D eigenvalue weighted by Crippen LogP contribution is 2.24. The third kappa shape index (κ3) is 2.28. The normalized spacial score (nSPS) is 9.88. The van der Waals surface area contributed by atoms with Gasteiger partial charge in [0.15, 0.2) is 0 Å². The summed E-state index contributed by atoms with van der Waals surface area (Å²) in [5, 5.41) is 19.5. The van der Waals surface area contributed by atoms with Crippen LogP contribution in [0.2, 0.25) is 0 Å². The number of nitro groups is 1. The van der Waals surface area contributed by atoms with Crippen LogP contribution in [0.3, 0.4) is 0 Å². The van der Waals surface area contributed by atoms with Crippen molar-refractivity contribution in [3.8, 4) is 0 Å². The van der Waals surface area contributed by atoms with Crippen molar-refractivity contribution >= 4 is 17.3 Å². The zero-order chi connectivity index (χ0) is 12.3. The molecule has 0 saturated heterocycles. The Balaban J connectivity index is 3.28. The number of carboxylic acids is 1. The zero-order valence-electron chi connectivity index (χ0n) is 9.01. The molecule has 0 aromatic heterocycles. The minimum absolute atomic E-state index is 0.289. The fourth-order valence-corrected chi connectivity index (χ4v) is 1.27. The van der Waals surface area contributed by atoms with Gasteiger partial charge in [-0.15, -0.1) is 0 Å². The quantitative estimate of drug-likeness (QED) is 0.622. The summed E-state index contributed by atoms with van der Waals surface area (Å²) in [4.78, 5) is 22.6. The minimum Gasteiger partial charge on any atom is -0.477 e. The third-order valence-electron chi connectivity index (χ3n) is 2.32. The molecule has 0 aliphatic carbocycles. The summed E-state index contributed by atoms with van der Waals surface area (Å²) in [5.74, 6) is -1.29. The van der Waals surface area contributed by atoms with Gasteiger partial charge in [0.25, 0.3) is 5.69 Å². The summed E-state index contributed by atoms with van der Waals surface area (Å²) >= 11 is 0. The number of hydrogen-bond acceptors (Lipinski definition) is 4. The van der Waals surface area contributed by atoms with E-state index in [0.29, 0.717) is 12.2 Å². The van der Waals surface area contributed by atoms with E-state index in [0.717, 1.165) is 0 Å². The van der Waals surface area contributed by atoms with Crippen molar-refractivity contribution in [2.24, 2.45) is 0 Å². The van der Waals surface area contributed by atoms with Crippen LogP contribution >= 0.6 is 0 Å². The molecule has 16 heavy (non-hydrogen) atoms. The molecule has 1 N–H and O–H groups in total. The van der Waals surface area contributed by atoms with Crippen LogP contribution in [-0.4, -0.2) is 29.6 Å². The van der Waals surface area contributed by atoms with Crippen LogP contribution in [-0.2, 0) is 0 Å². The van der Waals surface area contributed by atoms with Crippen molar-refractivity contribution in [1.82, 2.24) is 0 Å². The summed E-state index contributed by atoms with van der Waals surface area (Å²) in [5.41, 5.74) is -0.0333. The number of nitro benzene ring substituents is 1. The van der Waals surface area contributed by atoms with Crippen LogP contribution in [0.5, 0.6) is 0 Å². The molecule has 1 aromatic carbocycles. The average molecular weight is 224 g/mol. The smallest absolute Gasteiger partial charge is 0.342 e. The Morgan fingerprint density at radius 3 is 2.62 bits per heavy atom. The average Bonchev–Trinajstić information content (AvgIpc) is 2.26. The molecule has 0 fully saturated rings. The molecular formula is C10H12N2O4. The van der Waals surface area contributed by atoms with E-state index in [9.17, 15) is 14.9 Å². The predicted octanol–water partition coefficient (Wildman–Crippen LogP) is 1.75. The van der Waals surface area contributed by atoms with Gasteiger partial charge in [-0.05, 0) is 19.1 Å². The van der Waals surface area contributed by atoms with Crippen LogP contribution in [0.4, 0.5) is 11.4 Å². The SMILES string of the molecule is CCN(C)c1ccc([N+](=O)[O-])c(C(=O)O)c1. The highest BCUT2D eigenvalue weighted by atomic mass is 16.6. The molecule has 1 rings (SSSR count). The second kappa shape index (κ2) is 4.61. The summed E-state index contributed by atoms with van der Waals surface area (Å²) in [7, 11) is 1.78. The number of anilines is 1. The van der Waals surface area contributed by atoms with Crippen molar-refractivity contribution in [2.75, 3.05) is 18.5 Å². The molecule has 0 aliphatic heterocycles. The maximum atomic E-state index is 10.9. The molecule has 0 saturated carbocycles. The van der Waals surface area contributed by atoms with Crippen molar-refractivity contribution in [2.45, 2.75) is 6.92 Å². The van der Waals surface area contributed by atoms with Gasteiger partial charge in [-0.3, -0.25) is 10.1 Å². The highest BCUT2D eigenvalue weighted by Gasteiger charge is 2.20. The number of benzene rings is 1. The predicted molar refractivity (Wildman–Crippen MR) is 59.0 cm³/mol. The van der Waals surface area contributed by atoms with Crippen LogP contribution in [0.1, 0.15) is 17.3 Å². The molecular weight excluding hydrogens is 212 g/mol. The molecule has 86 valence electrons. The number of aromatic carboxylic acids is 1. The minimum atomic E-state index is -1.29. The Morgan fingerprint density at radius 1 is 1.56 bits per heavy atom. The van der Waals surface area contributed by atoms with E-state index in [1.54, 1.807) is 11.9 Å². The molecule has 0 bridgehead atoms. The van der Waals surface area contributed by atoms with Gasteiger partial charge in [-0.2, -0.15) is 0 Å². The lowest BCUT2D eigenvalue weighted by molar-refractivity contribution is -0.385. The molecule has 0 aliphatic rings. The van der Waals surface area contributed by atoms with Crippen molar-refractivity contribution in [3.63, 3.8) is 0 Å². The fourth-order valence-electron chi connectivity index (χ4n) is 1.27. The Kier molecular flexibility index (Phi) is 3.44. The zero-order valence-corrected chi connectivity index (χ0v) is 9.01.